The van der Waals surface area contributed by atoms with Crippen LogP contribution in [0.15, 0.2) is 36.8 Å². The van der Waals surface area contributed by atoms with Crippen LogP contribution in [0.4, 0.5) is 5.82 Å². The normalized spacial score (nSPS) is 14.6. The van der Waals surface area contributed by atoms with Crippen molar-refractivity contribution in [2.24, 2.45) is 0 Å². The summed E-state index contributed by atoms with van der Waals surface area (Å²) in [5, 5.41) is 3.33. The fourth-order valence-corrected chi connectivity index (χ4v) is 2.61. The molecule has 0 spiro atoms. The minimum atomic E-state index is -0.0512. The molecule has 3 rings (SSSR count). The zero-order chi connectivity index (χ0) is 16.2. The van der Waals surface area contributed by atoms with Gasteiger partial charge in [-0.05, 0) is 18.2 Å². The van der Waals surface area contributed by atoms with Crippen LogP contribution in [0.2, 0.25) is 0 Å². The second kappa shape index (κ2) is 6.75. The Bertz CT molecular complexity index is 678. The van der Waals surface area contributed by atoms with E-state index in [1.54, 1.807) is 31.4 Å². The zero-order valence-corrected chi connectivity index (χ0v) is 13.5. The van der Waals surface area contributed by atoms with Crippen molar-refractivity contribution in [3.05, 3.63) is 42.4 Å². The molecule has 0 saturated carbocycles. The van der Waals surface area contributed by atoms with E-state index >= 15 is 0 Å². The van der Waals surface area contributed by atoms with Gasteiger partial charge in [0.05, 0.1) is 5.56 Å². The SMILES string of the molecule is CN(C)C(=O)c1cncc(-c2ccc(N3CCNCC3)nc2)c1. The fraction of sp³-hybridized carbons (Fsp3) is 0.353. The van der Waals surface area contributed by atoms with Crippen LogP contribution < -0.4 is 10.2 Å². The molecule has 0 atom stereocenters. The monoisotopic (exact) mass is 311 g/mol. The Morgan fingerprint density at radius 1 is 1.13 bits per heavy atom. The van der Waals surface area contributed by atoms with Gasteiger partial charge in [0, 0.05) is 70.0 Å². The molecule has 1 aliphatic heterocycles. The van der Waals surface area contributed by atoms with Gasteiger partial charge >= 0.3 is 0 Å². The molecule has 1 N–H and O–H groups in total. The predicted molar refractivity (Wildman–Crippen MR) is 90.6 cm³/mol. The Hall–Kier alpha value is -2.47. The van der Waals surface area contributed by atoms with Crippen molar-refractivity contribution >= 4 is 11.7 Å². The van der Waals surface area contributed by atoms with Crippen molar-refractivity contribution in [2.75, 3.05) is 45.2 Å². The maximum atomic E-state index is 12.0. The van der Waals surface area contributed by atoms with Crippen LogP contribution in [0.1, 0.15) is 10.4 Å². The molecule has 23 heavy (non-hydrogen) atoms. The van der Waals surface area contributed by atoms with E-state index in [0.29, 0.717) is 5.56 Å². The first kappa shape index (κ1) is 15.4. The van der Waals surface area contributed by atoms with Gasteiger partial charge in [0.15, 0.2) is 0 Å². The minimum Gasteiger partial charge on any atom is -0.354 e. The lowest BCUT2D eigenvalue weighted by Crippen LogP contribution is -2.43. The Labute approximate surface area is 136 Å². The summed E-state index contributed by atoms with van der Waals surface area (Å²) in [5.74, 6) is 0.938. The number of carbonyl (C=O) groups is 1. The summed E-state index contributed by atoms with van der Waals surface area (Å²) >= 11 is 0. The Balaban J connectivity index is 1.82. The van der Waals surface area contributed by atoms with Crippen LogP contribution in [-0.4, -0.2) is 61.0 Å². The van der Waals surface area contributed by atoms with Gasteiger partial charge in [-0.2, -0.15) is 0 Å². The van der Waals surface area contributed by atoms with E-state index in [1.807, 2.05) is 24.4 Å². The van der Waals surface area contributed by atoms with E-state index in [1.165, 1.54) is 0 Å². The number of rotatable bonds is 3. The van der Waals surface area contributed by atoms with Crippen molar-refractivity contribution in [3.63, 3.8) is 0 Å². The van der Waals surface area contributed by atoms with Gasteiger partial charge < -0.3 is 15.1 Å². The molecule has 120 valence electrons. The Kier molecular flexibility index (Phi) is 4.52. The van der Waals surface area contributed by atoms with Gasteiger partial charge in [-0.3, -0.25) is 9.78 Å². The number of amides is 1. The molecule has 3 heterocycles. The standard InChI is InChI=1S/C17H21N5O/c1-21(2)17(23)15-9-14(10-19-11-15)13-3-4-16(20-12-13)22-7-5-18-6-8-22/h3-4,9-12,18H,5-8H2,1-2H3. The summed E-state index contributed by atoms with van der Waals surface area (Å²) < 4.78 is 0. The summed E-state index contributed by atoms with van der Waals surface area (Å²) in [4.78, 5) is 24.6. The first-order valence-corrected chi connectivity index (χ1v) is 7.74. The number of piperazine rings is 1. The van der Waals surface area contributed by atoms with E-state index in [4.69, 9.17) is 0 Å². The first-order chi connectivity index (χ1) is 11.1. The summed E-state index contributed by atoms with van der Waals surface area (Å²) in [7, 11) is 3.47. The number of aromatic nitrogens is 2. The Morgan fingerprint density at radius 3 is 2.57 bits per heavy atom. The van der Waals surface area contributed by atoms with Gasteiger partial charge in [0.2, 0.25) is 0 Å². The summed E-state index contributed by atoms with van der Waals surface area (Å²) in [6.45, 7) is 3.92. The number of nitrogens with zero attached hydrogens (tertiary/aromatic N) is 4. The van der Waals surface area contributed by atoms with Gasteiger partial charge in [-0.15, -0.1) is 0 Å². The molecule has 1 aliphatic rings. The van der Waals surface area contributed by atoms with Gasteiger partial charge in [0.1, 0.15) is 5.82 Å². The molecule has 1 fully saturated rings. The molecule has 0 aromatic carbocycles. The second-order valence-corrected chi connectivity index (χ2v) is 5.80. The fourth-order valence-electron chi connectivity index (χ4n) is 2.61. The average molecular weight is 311 g/mol. The number of nitrogens with one attached hydrogen (secondary N) is 1. The Morgan fingerprint density at radius 2 is 1.91 bits per heavy atom. The maximum absolute atomic E-state index is 12.0. The smallest absolute Gasteiger partial charge is 0.254 e. The number of hydrogen-bond acceptors (Lipinski definition) is 5. The lowest BCUT2D eigenvalue weighted by atomic mass is 10.1. The molecule has 2 aromatic heterocycles. The summed E-state index contributed by atoms with van der Waals surface area (Å²) in [6.07, 6.45) is 5.20. The van der Waals surface area contributed by atoms with Gasteiger partial charge in [0.25, 0.3) is 5.91 Å². The lowest BCUT2D eigenvalue weighted by molar-refractivity contribution is 0.0827. The highest BCUT2D eigenvalue weighted by Crippen LogP contribution is 2.21. The minimum absolute atomic E-state index is 0.0512. The van der Waals surface area contributed by atoms with E-state index in [9.17, 15) is 4.79 Å². The largest absolute Gasteiger partial charge is 0.354 e. The van der Waals surface area contributed by atoms with Crippen LogP contribution in [-0.2, 0) is 0 Å². The molecule has 6 nitrogen and oxygen atoms in total. The third-order valence-corrected chi connectivity index (χ3v) is 3.91. The van der Waals surface area contributed by atoms with E-state index < -0.39 is 0 Å². The van der Waals surface area contributed by atoms with Crippen LogP contribution in [0.5, 0.6) is 0 Å². The van der Waals surface area contributed by atoms with Crippen molar-refractivity contribution in [3.8, 4) is 11.1 Å². The van der Waals surface area contributed by atoms with E-state index in [0.717, 1.165) is 43.1 Å². The number of hydrogen-bond donors (Lipinski definition) is 1. The molecule has 0 radical (unpaired) electrons. The molecular formula is C17H21N5O. The topological polar surface area (TPSA) is 61.4 Å². The average Bonchev–Trinajstić information content (AvgIpc) is 2.62. The van der Waals surface area contributed by atoms with Crippen LogP contribution in [0.3, 0.4) is 0 Å². The van der Waals surface area contributed by atoms with Gasteiger partial charge in [-0.25, -0.2) is 4.98 Å². The molecule has 0 aliphatic carbocycles. The van der Waals surface area contributed by atoms with Crippen molar-refractivity contribution < 1.29 is 4.79 Å². The maximum Gasteiger partial charge on any atom is 0.254 e. The molecule has 1 saturated heterocycles. The summed E-state index contributed by atoms with van der Waals surface area (Å²) in [5.41, 5.74) is 2.44. The van der Waals surface area contributed by atoms with Crippen LogP contribution >= 0.6 is 0 Å². The second-order valence-electron chi connectivity index (χ2n) is 5.80. The number of anilines is 1. The molecule has 1 amide bonds. The lowest BCUT2D eigenvalue weighted by Gasteiger charge is -2.28. The predicted octanol–water partition coefficient (Wildman–Crippen LogP) is 1.25. The van der Waals surface area contributed by atoms with E-state index in [2.05, 4.69) is 20.2 Å². The molecule has 2 aromatic rings. The molecule has 0 bridgehead atoms. The molecule has 0 unspecified atom stereocenters. The molecule has 6 heteroatoms. The summed E-state index contributed by atoms with van der Waals surface area (Å²) in [6, 6.07) is 5.92. The van der Waals surface area contributed by atoms with Crippen molar-refractivity contribution in [1.29, 1.82) is 0 Å². The van der Waals surface area contributed by atoms with Crippen molar-refractivity contribution in [2.45, 2.75) is 0 Å². The third-order valence-electron chi connectivity index (χ3n) is 3.91. The van der Waals surface area contributed by atoms with Crippen molar-refractivity contribution in [1.82, 2.24) is 20.2 Å². The third kappa shape index (κ3) is 3.48. The number of pyridine rings is 2. The highest BCUT2D eigenvalue weighted by Gasteiger charge is 2.13. The van der Waals surface area contributed by atoms with Crippen LogP contribution in [0.25, 0.3) is 11.1 Å². The quantitative estimate of drug-likeness (QED) is 0.924. The van der Waals surface area contributed by atoms with E-state index in [-0.39, 0.29) is 5.91 Å². The first-order valence-electron chi connectivity index (χ1n) is 7.74. The zero-order valence-electron chi connectivity index (χ0n) is 13.5. The van der Waals surface area contributed by atoms with Gasteiger partial charge in [-0.1, -0.05) is 0 Å². The molecular weight excluding hydrogens is 290 g/mol. The highest BCUT2D eigenvalue weighted by molar-refractivity contribution is 5.94. The highest BCUT2D eigenvalue weighted by atomic mass is 16.2. The van der Waals surface area contributed by atoms with Crippen LogP contribution in [0, 0.1) is 0 Å². The number of carbonyl (C=O) groups excluding carboxylic acids is 1.